The number of carbonyl (C=O) groups is 2. The van der Waals surface area contributed by atoms with Gasteiger partial charge in [0, 0.05) is 18.2 Å². The third kappa shape index (κ3) is 5.79. The number of hydrogen-bond donors (Lipinski definition) is 0. The van der Waals surface area contributed by atoms with Gasteiger partial charge in [-0.05, 0) is 36.7 Å². The van der Waals surface area contributed by atoms with Gasteiger partial charge in [-0.2, -0.15) is 0 Å². The molecule has 1 aliphatic rings. The second kappa shape index (κ2) is 11.5. The minimum atomic E-state index is -0.628. The molecule has 1 fully saturated rings. The van der Waals surface area contributed by atoms with Gasteiger partial charge in [0.15, 0.2) is 0 Å². The number of nitrogens with zero attached hydrogens (tertiary/aromatic N) is 2. The van der Waals surface area contributed by atoms with Gasteiger partial charge < -0.3 is 9.64 Å². The van der Waals surface area contributed by atoms with Crippen molar-refractivity contribution in [2.45, 2.75) is 24.4 Å². The lowest BCUT2D eigenvalue weighted by Gasteiger charge is -2.28. The molecule has 5 nitrogen and oxygen atoms in total. The Morgan fingerprint density at radius 1 is 0.943 bits per heavy atom. The summed E-state index contributed by atoms with van der Waals surface area (Å²) in [7, 11) is 3.36. The lowest BCUT2D eigenvalue weighted by molar-refractivity contribution is -0.151. The summed E-state index contributed by atoms with van der Waals surface area (Å²) in [6, 6.07) is 28.7. The van der Waals surface area contributed by atoms with Crippen LogP contribution in [-0.2, 0) is 14.3 Å². The lowest BCUT2D eigenvalue weighted by Crippen LogP contribution is -2.44. The van der Waals surface area contributed by atoms with Gasteiger partial charge in [0.25, 0.3) is 0 Å². The van der Waals surface area contributed by atoms with Crippen LogP contribution in [0.4, 0.5) is 0 Å². The number of hydrogen-bond acceptors (Lipinski definition) is 4. The van der Waals surface area contributed by atoms with Gasteiger partial charge in [-0.25, -0.2) is 4.79 Å². The summed E-state index contributed by atoms with van der Waals surface area (Å²) in [5.74, 6) is 5.41. The molecule has 0 spiro atoms. The molecule has 0 unspecified atom stereocenters. The highest BCUT2D eigenvalue weighted by Gasteiger charge is 2.44. The first-order valence-electron chi connectivity index (χ1n) is 11.8. The Morgan fingerprint density at radius 3 is 2.03 bits per heavy atom. The summed E-state index contributed by atoms with van der Waals surface area (Å²) in [5, 5.41) is 0. The predicted octanol–water partition coefficient (Wildman–Crippen LogP) is 3.94. The Labute approximate surface area is 207 Å². The van der Waals surface area contributed by atoms with Crippen LogP contribution < -0.4 is 0 Å². The molecule has 178 valence electrons. The molecule has 1 heterocycles. The Bertz CT molecular complexity index is 1150. The third-order valence-electron chi connectivity index (χ3n) is 6.51. The molecule has 35 heavy (non-hydrogen) atoms. The summed E-state index contributed by atoms with van der Waals surface area (Å²) >= 11 is 0. The van der Waals surface area contributed by atoms with Crippen LogP contribution in [0.5, 0.6) is 0 Å². The van der Waals surface area contributed by atoms with Crippen molar-refractivity contribution < 1.29 is 14.3 Å². The van der Waals surface area contributed by atoms with Gasteiger partial charge >= 0.3 is 5.97 Å². The fraction of sp³-hybridized carbons (Fsp3) is 0.267. The minimum Gasteiger partial charge on any atom is -0.467 e. The fourth-order valence-corrected chi connectivity index (χ4v) is 4.59. The van der Waals surface area contributed by atoms with Crippen LogP contribution in [0.15, 0.2) is 91.0 Å². The maximum atomic E-state index is 14.0. The van der Waals surface area contributed by atoms with E-state index in [9.17, 15) is 9.59 Å². The van der Waals surface area contributed by atoms with Crippen molar-refractivity contribution in [2.75, 3.05) is 27.2 Å². The molecule has 2 atom stereocenters. The lowest BCUT2D eigenvalue weighted by atomic mass is 9.90. The zero-order chi connectivity index (χ0) is 24.6. The molecule has 3 aromatic rings. The van der Waals surface area contributed by atoms with Gasteiger partial charge in [-0.1, -0.05) is 90.7 Å². The molecule has 0 bridgehead atoms. The zero-order valence-electron chi connectivity index (χ0n) is 20.1. The normalized spacial score (nSPS) is 17.2. The van der Waals surface area contributed by atoms with Crippen molar-refractivity contribution in [1.82, 2.24) is 9.80 Å². The van der Waals surface area contributed by atoms with Crippen molar-refractivity contribution in [2.24, 2.45) is 0 Å². The first kappa shape index (κ1) is 24.3. The van der Waals surface area contributed by atoms with Gasteiger partial charge in [-0.15, -0.1) is 0 Å². The molecule has 5 heteroatoms. The van der Waals surface area contributed by atoms with Crippen LogP contribution in [-0.4, -0.2) is 61.0 Å². The molecule has 0 aromatic heterocycles. The van der Waals surface area contributed by atoms with Crippen LogP contribution in [0, 0.1) is 11.8 Å². The average Bonchev–Trinajstić information content (AvgIpc) is 3.36. The number of methoxy groups -OCH3 is 1. The molecular weight excluding hydrogens is 436 g/mol. The number of carbonyl (C=O) groups excluding carboxylic acids is 2. The molecule has 1 amide bonds. The first-order chi connectivity index (χ1) is 17.1. The van der Waals surface area contributed by atoms with Crippen LogP contribution in [0.3, 0.4) is 0 Å². The summed E-state index contributed by atoms with van der Waals surface area (Å²) in [6.45, 7) is 0.981. The van der Waals surface area contributed by atoms with Crippen molar-refractivity contribution in [3.05, 3.63) is 108 Å². The van der Waals surface area contributed by atoms with E-state index in [1.54, 1.807) is 4.90 Å². The monoisotopic (exact) mass is 466 g/mol. The number of benzene rings is 3. The van der Waals surface area contributed by atoms with E-state index in [0.29, 0.717) is 19.5 Å². The maximum Gasteiger partial charge on any atom is 0.328 e. The Balaban J connectivity index is 1.57. The zero-order valence-corrected chi connectivity index (χ0v) is 20.1. The minimum absolute atomic E-state index is 0.000296. The molecular formula is C30H30N2O3. The summed E-state index contributed by atoms with van der Waals surface area (Å²) in [5.41, 5.74) is 2.76. The summed E-state index contributed by atoms with van der Waals surface area (Å²) in [6.07, 6.45) is 0.512. The molecule has 0 N–H and O–H groups in total. The highest BCUT2D eigenvalue weighted by Crippen LogP contribution is 2.31. The van der Waals surface area contributed by atoms with E-state index in [1.165, 1.54) is 7.11 Å². The van der Waals surface area contributed by atoms with Crippen molar-refractivity contribution in [1.29, 1.82) is 0 Å². The Kier molecular flexibility index (Phi) is 7.97. The van der Waals surface area contributed by atoms with E-state index in [0.717, 1.165) is 16.7 Å². The van der Waals surface area contributed by atoms with Crippen molar-refractivity contribution in [3.63, 3.8) is 0 Å². The van der Waals surface area contributed by atoms with E-state index < -0.39 is 12.0 Å². The highest BCUT2D eigenvalue weighted by molar-refractivity contribution is 5.91. The van der Waals surface area contributed by atoms with Crippen LogP contribution in [0.1, 0.15) is 29.0 Å². The standard InChI is InChI=1S/C30H30N2O3/c1-31(20-12-15-23-13-6-3-7-14-23)26-21-27(30(34)35-2)32(22-26)29(33)28(24-16-8-4-9-17-24)25-18-10-5-11-19-25/h3-11,13-14,16-19,26-28H,20-22H2,1-2H3/t26-,27-/m0/s1. The smallest absolute Gasteiger partial charge is 0.328 e. The van der Waals surface area contributed by atoms with Gasteiger partial charge in [0.05, 0.1) is 19.6 Å². The van der Waals surface area contributed by atoms with Crippen LogP contribution in [0.2, 0.25) is 0 Å². The second-order valence-corrected chi connectivity index (χ2v) is 8.76. The van der Waals surface area contributed by atoms with Crippen LogP contribution >= 0.6 is 0 Å². The molecule has 0 saturated carbocycles. The number of ether oxygens (including phenoxy) is 1. The fourth-order valence-electron chi connectivity index (χ4n) is 4.59. The number of likely N-dealkylation sites (N-methyl/N-ethyl adjacent to an activating group) is 1. The quantitative estimate of drug-likeness (QED) is 0.408. The first-order valence-corrected chi connectivity index (χ1v) is 11.8. The topological polar surface area (TPSA) is 49.9 Å². The highest BCUT2D eigenvalue weighted by atomic mass is 16.5. The predicted molar refractivity (Wildman–Crippen MR) is 137 cm³/mol. The summed E-state index contributed by atoms with van der Waals surface area (Å²) < 4.78 is 5.09. The third-order valence-corrected chi connectivity index (χ3v) is 6.51. The Morgan fingerprint density at radius 2 is 1.49 bits per heavy atom. The van der Waals surface area contributed by atoms with E-state index in [4.69, 9.17) is 4.74 Å². The van der Waals surface area contributed by atoms with Gasteiger partial charge in [0.2, 0.25) is 5.91 Å². The van der Waals surface area contributed by atoms with Gasteiger partial charge in [0.1, 0.15) is 6.04 Å². The number of amides is 1. The summed E-state index contributed by atoms with van der Waals surface area (Å²) in [4.78, 5) is 30.6. The largest absolute Gasteiger partial charge is 0.467 e. The van der Waals surface area contributed by atoms with Crippen molar-refractivity contribution >= 4 is 11.9 Å². The second-order valence-electron chi connectivity index (χ2n) is 8.76. The maximum absolute atomic E-state index is 14.0. The molecule has 3 aromatic carbocycles. The SMILES string of the molecule is COC(=O)[C@@H]1C[C@H](N(C)CC#Cc2ccccc2)CN1C(=O)C(c1ccccc1)c1ccccc1. The van der Waals surface area contributed by atoms with E-state index >= 15 is 0 Å². The number of esters is 1. The molecule has 1 aliphatic heterocycles. The molecule has 0 aliphatic carbocycles. The van der Waals surface area contributed by atoms with Gasteiger partial charge in [-0.3, -0.25) is 9.69 Å². The van der Waals surface area contributed by atoms with E-state index in [2.05, 4.69) is 16.7 Å². The number of likely N-dealkylation sites (tertiary alicyclic amines) is 1. The molecule has 4 rings (SSSR count). The van der Waals surface area contributed by atoms with E-state index in [-0.39, 0.29) is 17.9 Å². The molecule has 0 radical (unpaired) electrons. The van der Waals surface area contributed by atoms with Crippen LogP contribution in [0.25, 0.3) is 0 Å². The van der Waals surface area contributed by atoms with Crippen molar-refractivity contribution in [3.8, 4) is 11.8 Å². The Hall–Kier alpha value is -3.88. The number of rotatable bonds is 6. The average molecular weight is 467 g/mol. The van der Waals surface area contributed by atoms with E-state index in [1.807, 2.05) is 98.0 Å². The molecule has 1 saturated heterocycles.